The van der Waals surface area contributed by atoms with Gasteiger partial charge in [-0.3, -0.25) is 0 Å². The molecule has 1 fully saturated rings. The first-order valence-corrected chi connectivity index (χ1v) is 13.3. The first-order valence-electron chi connectivity index (χ1n) is 10.4. The molecule has 1 atom stereocenters. The fourth-order valence-electron chi connectivity index (χ4n) is 3.22. The minimum Gasteiger partial charge on any atom is -0.467 e. The molecule has 1 saturated carbocycles. The summed E-state index contributed by atoms with van der Waals surface area (Å²) in [4.78, 5) is 24.2. The fourth-order valence-corrected chi connectivity index (χ4v) is 4.64. The monoisotopic (exact) mass is 415 g/mol. The number of hydrogen-bond donors (Lipinski definition) is 1. The van der Waals surface area contributed by atoms with Crippen LogP contribution in [0.3, 0.4) is 0 Å². The van der Waals surface area contributed by atoms with Gasteiger partial charge >= 0.3 is 12.1 Å². The summed E-state index contributed by atoms with van der Waals surface area (Å²) in [5.74, 6) is -0.0659. The van der Waals surface area contributed by atoms with Gasteiger partial charge in [0.15, 0.2) is 8.32 Å². The third kappa shape index (κ3) is 8.11. The quantitative estimate of drug-likeness (QED) is 0.487. The largest absolute Gasteiger partial charge is 0.467 e. The Hall–Kier alpha value is -1.08. The molecule has 0 heterocycles. The van der Waals surface area contributed by atoms with Crippen molar-refractivity contribution in [3.63, 3.8) is 0 Å². The standard InChI is InChI=1S/C21H41NO5Si/c1-20(2,3)26-19(24)22-17(18(23)25-7)14-15-10-12-16(13-11-15)27-28(8,9)21(4,5)6/h15-17H,10-14H2,1-9H3,(H,22,24)/t15?,16?,17-/m0/s1. The molecule has 1 aliphatic carbocycles. The Kier molecular flexibility index (Phi) is 8.57. The van der Waals surface area contributed by atoms with Gasteiger partial charge < -0.3 is 19.2 Å². The Morgan fingerprint density at radius 3 is 2.00 bits per heavy atom. The molecule has 1 aliphatic rings. The summed E-state index contributed by atoms with van der Waals surface area (Å²) in [6.07, 6.45) is 4.25. The third-order valence-corrected chi connectivity index (χ3v) is 10.3. The van der Waals surface area contributed by atoms with Crippen molar-refractivity contribution in [3.05, 3.63) is 0 Å². The summed E-state index contributed by atoms with van der Waals surface area (Å²) in [6.45, 7) is 16.7. The van der Waals surface area contributed by atoms with Crippen LogP contribution in [-0.2, 0) is 18.7 Å². The van der Waals surface area contributed by atoms with Gasteiger partial charge in [-0.15, -0.1) is 0 Å². The minimum atomic E-state index is -1.76. The van der Waals surface area contributed by atoms with Crippen LogP contribution in [0.1, 0.15) is 73.6 Å². The Morgan fingerprint density at radius 2 is 1.57 bits per heavy atom. The van der Waals surface area contributed by atoms with Crippen molar-refractivity contribution in [2.75, 3.05) is 7.11 Å². The number of carbonyl (C=O) groups excluding carboxylic acids is 2. The van der Waals surface area contributed by atoms with Crippen LogP contribution >= 0.6 is 0 Å². The van der Waals surface area contributed by atoms with Crippen molar-refractivity contribution in [2.45, 2.75) is 110 Å². The minimum absolute atomic E-state index is 0.206. The van der Waals surface area contributed by atoms with Gasteiger partial charge in [0.2, 0.25) is 0 Å². The van der Waals surface area contributed by atoms with Crippen LogP contribution < -0.4 is 5.32 Å². The van der Waals surface area contributed by atoms with Crippen LogP contribution in [0.25, 0.3) is 0 Å². The number of nitrogens with one attached hydrogen (secondary N) is 1. The highest BCUT2D eigenvalue weighted by molar-refractivity contribution is 6.74. The molecule has 0 bridgehead atoms. The van der Waals surface area contributed by atoms with E-state index in [1.807, 2.05) is 0 Å². The van der Waals surface area contributed by atoms with E-state index in [1.165, 1.54) is 7.11 Å². The first-order chi connectivity index (χ1) is 12.6. The van der Waals surface area contributed by atoms with Crippen molar-refractivity contribution in [2.24, 2.45) is 5.92 Å². The van der Waals surface area contributed by atoms with Crippen molar-refractivity contribution < 1.29 is 23.5 Å². The number of amides is 1. The lowest BCUT2D eigenvalue weighted by atomic mass is 9.83. The maximum absolute atomic E-state index is 12.1. The van der Waals surface area contributed by atoms with Crippen LogP contribution in [0.15, 0.2) is 0 Å². The van der Waals surface area contributed by atoms with Crippen LogP contribution in [-0.4, -0.2) is 45.2 Å². The number of rotatable bonds is 6. The Balaban J connectivity index is 2.59. The highest BCUT2D eigenvalue weighted by atomic mass is 28.4. The predicted molar refractivity (Wildman–Crippen MR) is 114 cm³/mol. The summed E-state index contributed by atoms with van der Waals surface area (Å²) in [6, 6.07) is -0.678. The molecule has 1 N–H and O–H groups in total. The summed E-state index contributed by atoms with van der Waals surface area (Å²) >= 11 is 0. The third-order valence-electron chi connectivity index (χ3n) is 5.81. The molecule has 6 nitrogen and oxygen atoms in total. The van der Waals surface area contributed by atoms with E-state index in [9.17, 15) is 9.59 Å². The number of esters is 1. The smallest absolute Gasteiger partial charge is 0.408 e. The van der Waals surface area contributed by atoms with Crippen LogP contribution in [0.4, 0.5) is 4.79 Å². The van der Waals surface area contributed by atoms with E-state index < -0.39 is 32.0 Å². The van der Waals surface area contributed by atoms with Gasteiger partial charge in [0.25, 0.3) is 0 Å². The second-order valence-corrected chi connectivity index (χ2v) is 15.2. The molecule has 0 aromatic heterocycles. The van der Waals surface area contributed by atoms with E-state index in [0.29, 0.717) is 18.4 Å². The average molecular weight is 416 g/mol. The molecule has 164 valence electrons. The van der Waals surface area contributed by atoms with Gasteiger partial charge in [0.05, 0.1) is 7.11 Å². The molecule has 1 rings (SSSR count). The summed E-state index contributed by atoms with van der Waals surface area (Å²) < 4.78 is 16.7. The molecule has 0 aliphatic heterocycles. The van der Waals surface area contributed by atoms with E-state index in [1.54, 1.807) is 20.8 Å². The van der Waals surface area contributed by atoms with Gasteiger partial charge in [-0.05, 0) is 76.9 Å². The molecule has 0 radical (unpaired) electrons. The number of ether oxygens (including phenoxy) is 2. The maximum atomic E-state index is 12.1. The van der Waals surface area contributed by atoms with Gasteiger partial charge in [-0.25, -0.2) is 9.59 Å². The molecule has 0 unspecified atom stereocenters. The SMILES string of the molecule is COC(=O)[C@H](CC1CCC(O[Si](C)(C)C(C)(C)C)CC1)NC(=O)OC(C)(C)C. The van der Waals surface area contributed by atoms with Gasteiger partial charge in [0, 0.05) is 6.10 Å². The lowest BCUT2D eigenvalue weighted by Crippen LogP contribution is -2.46. The Bertz CT molecular complexity index is 528. The van der Waals surface area contributed by atoms with Gasteiger partial charge in [-0.1, -0.05) is 20.8 Å². The van der Waals surface area contributed by atoms with E-state index in [0.717, 1.165) is 25.7 Å². The second kappa shape index (κ2) is 9.61. The van der Waals surface area contributed by atoms with E-state index in [4.69, 9.17) is 13.9 Å². The van der Waals surface area contributed by atoms with Gasteiger partial charge in [-0.2, -0.15) is 0 Å². The highest BCUT2D eigenvalue weighted by Gasteiger charge is 2.40. The van der Waals surface area contributed by atoms with E-state index in [2.05, 4.69) is 39.2 Å². The zero-order chi connectivity index (χ0) is 21.8. The summed E-state index contributed by atoms with van der Waals surface area (Å²) in [7, 11) is -0.419. The van der Waals surface area contributed by atoms with Gasteiger partial charge in [0.1, 0.15) is 11.6 Å². The molecule has 28 heavy (non-hydrogen) atoms. The lowest BCUT2D eigenvalue weighted by Gasteiger charge is -2.41. The second-order valence-electron chi connectivity index (χ2n) is 10.5. The van der Waals surface area contributed by atoms with Crippen molar-refractivity contribution >= 4 is 20.4 Å². The molecule has 0 aromatic carbocycles. The zero-order valence-corrected chi connectivity index (χ0v) is 20.3. The summed E-state index contributed by atoms with van der Waals surface area (Å²) in [5.41, 5.74) is -0.607. The molecule has 0 aromatic rings. The maximum Gasteiger partial charge on any atom is 0.408 e. The topological polar surface area (TPSA) is 73.9 Å². The van der Waals surface area contributed by atoms with Crippen LogP contribution in [0.2, 0.25) is 18.1 Å². The predicted octanol–water partition coefficient (Wildman–Crippen LogP) is 5.02. The molecule has 7 heteroatoms. The number of carbonyl (C=O) groups is 2. The van der Waals surface area contributed by atoms with E-state index in [-0.39, 0.29) is 5.04 Å². The zero-order valence-electron chi connectivity index (χ0n) is 19.3. The van der Waals surface area contributed by atoms with Crippen LogP contribution in [0.5, 0.6) is 0 Å². The summed E-state index contributed by atoms with van der Waals surface area (Å²) in [5, 5.41) is 2.89. The highest BCUT2D eigenvalue weighted by Crippen LogP contribution is 2.40. The lowest BCUT2D eigenvalue weighted by molar-refractivity contribution is -0.143. The molecular formula is C21H41NO5Si. The number of methoxy groups -OCH3 is 1. The number of hydrogen-bond acceptors (Lipinski definition) is 5. The Labute approximate surface area is 172 Å². The first kappa shape index (κ1) is 25.0. The van der Waals surface area contributed by atoms with E-state index >= 15 is 0 Å². The van der Waals surface area contributed by atoms with Crippen LogP contribution in [0, 0.1) is 5.92 Å². The van der Waals surface area contributed by atoms with Crippen molar-refractivity contribution in [1.29, 1.82) is 0 Å². The fraction of sp³-hybridized carbons (Fsp3) is 0.905. The molecular weight excluding hydrogens is 374 g/mol. The Morgan fingerprint density at radius 1 is 1.04 bits per heavy atom. The van der Waals surface area contributed by atoms with Crippen molar-refractivity contribution in [1.82, 2.24) is 5.32 Å². The molecule has 0 spiro atoms. The normalized spacial score (nSPS) is 22.3. The average Bonchev–Trinajstić information content (AvgIpc) is 2.52. The molecule has 0 saturated heterocycles. The molecule has 1 amide bonds. The van der Waals surface area contributed by atoms with Crippen molar-refractivity contribution in [3.8, 4) is 0 Å². The number of alkyl carbamates (subject to hydrolysis) is 1.